The fourth-order valence-corrected chi connectivity index (χ4v) is 2.86. The largest absolute Gasteiger partial charge is 0.493 e. The van der Waals surface area contributed by atoms with E-state index in [9.17, 15) is 9.90 Å². The van der Waals surface area contributed by atoms with Crippen molar-refractivity contribution in [1.82, 2.24) is 0 Å². The van der Waals surface area contributed by atoms with Crippen LogP contribution in [0.2, 0.25) is 0 Å². The Morgan fingerprint density at radius 1 is 1.22 bits per heavy atom. The highest BCUT2D eigenvalue weighted by Gasteiger charge is 2.39. The highest BCUT2D eigenvalue weighted by Crippen LogP contribution is 2.42. The van der Waals surface area contributed by atoms with Gasteiger partial charge in [-0.05, 0) is 37.3 Å². The fraction of sp³-hybridized carbons (Fsp3) is 0.235. The molecule has 0 fully saturated rings. The predicted octanol–water partition coefficient (Wildman–Crippen LogP) is 3.81. The zero-order valence-electron chi connectivity index (χ0n) is 12.4. The van der Waals surface area contributed by atoms with Crippen molar-refractivity contribution in [2.45, 2.75) is 19.1 Å². The van der Waals surface area contributed by atoms with Gasteiger partial charge in [-0.2, -0.15) is 0 Å². The van der Waals surface area contributed by atoms with Crippen molar-refractivity contribution in [1.29, 1.82) is 0 Å². The molecule has 2 aromatic carbocycles. The van der Waals surface area contributed by atoms with Gasteiger partial charge >= 0.3 is 5.97 Å². The molecule has 0 aliphatic carbocycles. The molecule has 1 N–H and O–H groups in total. The van der Waals surface area contributed by atoms with Gasteiger partial charge in [0, 0.05) is 10.0 Å². The van der Waals surface area contributed by atoms with Crippen molar-refractivity contribution in [2.24, 2.45) is 0 Å². The molecule has 0 saturated heterocycles. The van der Waals surface area contributed by atoms with E-state index in [-0.39, 0.29) is 0 Å². The lowest BCUT2D eigenvalue weighted by atomic mass is 10.0. The van der Waals surface area contributed by atoms with Gasteiger partial charge in [0.2, 0.25) is 6.10 Å². The van der Waals surface area contributed by atoms with Crippen LogP contribution in [0.15, 0.2) is 46.9 Å². The lowest BCUT2D eigenvalue weighted by Gasteiger charge is -2.32. The summed E-state index contributed by atoms with van der Waals surface area (Å²) in [6.45, 7) is 2.34. The average Bonchev–Trinajstić information content (AvgIpc) is 2.55. The maximum absolute atomic E-state index is 11.6. The summed E-state index contributed by atoms with van der Waals surface area (Å²) >= 11 is 3.40. The molecular weight excluding hydrogens is 364 g/mol. The third kappa shape index (κ3) is 3.12. The predicted molar refractivity (Wildman–Crippen MR) is 87.2 cm³/mol. The second kappa shape index (κ2) is 6.50. The summed E-state index contributed by atoms with van der Waals surface area (Å²) in [5, 5.41) is 9.53. The van der Waals surface area contributed by atoms with Crippen LogP contribution in [0.4, 0.5) is 0 Å². The summed E-state index contributed by atoms with van der Waals surface area (Å²) in [5.41, 5.74) is 0.628. The minimum absolute atomic E-state index is 0.420. The molecule has 120 valence electrons. The number of carbonyl (C=O) groups is 1. The molecule has 1 aliphatic rings. The highest BCUT2D eigenvalue weighted by atomic mass is 79.9. The van der Waals surface area contributed by atoms with Gasteiger partial charge in [-0.15, -0.1) is 0 Å². The van der Waals surface area contributed by atoms with Crippen LogP contribution in [0, 0.1) is 0 Å². The summed E-state index contributed by atoms with van der Waals surface area (Å²) in [4.78, 5) is 11.6. The second-order valence-electron chi connectivity index (χ2n) is 4.98. The molecule has 2 aromatic rings. The normalized spacial score (nSPS) is 19.2. The van der Waals surface area contributed by atoms with Crippen LogP contribution in [0.1, 0.15) is 18.6 Å². The minimum atomic E-state index is -1.15. The van der Waals surface area contributed by atoms with Crippen molar-refractivity contribution in [2.75, 3.05) is 6.61 Å². The monoisotopic (exact) mass is 378 g/mol. The van der Waals surface area contributed by atoms with Crippen LogP contribution in [0.5, 0.6) is 17.2 Å². The second-order valence-corrected chi connectivity index (χ2v) is 5.89. The van der Waals surface area contributed by atoms with E-state index in [2.05, 4.69) is 15.9 Å². The molecule has 0 radical (unpaired) electrons. The van der Waals surface area contributed by atoms with E-state index in [1.54, 1.807) is 30.3 Å². The maximum Gasteiger partial charge on any atom is 0.349 e. The van der Waals surface area contributed by atoms with Crippen molar-refractivity contribution in [3.63, 3.8) is 0 Å². The van der Waals surface area contributed by atoms with E-state index >= 15 is 0 Å². The summed E-state index contributed by atoms with van der Waals surface area (Å²) in [6.07, 6.45) is -1.96. The molecule has 0 bridgehead atoms. The van der Waals surface area contributed by atoms with E-state index in [0.717, 1.165) is 4.47 Å². The lowest BCUT2D eigenvalue weighted by Crippen LogP contribution is -2.39. The first-order chi connectivity index (χ1) is 11.1. The summed E-state index contributed by atoms with van der Waals surface area (Å²) in [5.74, 6) is 0.420. The standard InChI is InChI=1S/C17H15BrO5/c1-2-21-12-8-7-10(18)9-11(12)15-16(17(19)20)23-14-6-4-3-5-13(14)22-15/h3-9,15-16H,2H2,1H3,(H,19,20). The molecule has 0 aromatic heterocycles. The summed E-state index contributed by atoms with van der Waals surface area (Å²) < 4.78 is 18.0. The summed E-state index contributed by atoms with van der Waals surface area (Å²) in [7, 11) is 0. The molecular formula is C17H15BrO5. The van der Waals surface area contributed by atoms with Gasteiger partial charge in [-0.3, -0.25) is 0 Å². The topological polar surface area (TPSA) is 65.0 Å². The molecule has 2 unspecified atom stereocenters. The molecule has 5 nitrogen and oxygen atoms in total. The van der Waals surface area contributed by atoms with E-state index in [0.29, 0.717) is 29.4 Å². The van der Waals surface area contributed by atoms with Crippen LogP contribution in [0.25, 0.3) is 0 Å². The molecule has 0 spiro atoms. The molecule has 23 heavy (non-hydrogen) atoms. The number of benzene rings is 2. The fourth-order valence-electron chi connectivity index (χ4n) is 2.48. The van der Waals surface area contributed by atoms with Gasteiger partial charge in [-0.25, -0.2) is 4.79 Å². The highest BCUT2D eigenvalue weighted by molar-refractivity contribution is 9.10. The Labute approximate surface area is 141 Å². The number of rotatable bonds is 4. The van der Waals surface area contributed by atoms with Gasteiger partial charge in [-0.1, -0.05) is 28.1 Å². The van der Waals surface area contributed by atoms with Crippen LogP contribution >= 0.6 is 15.9 Å². The number of aliphatic carboxylic acids is 1. The zero-order chi connectivity index (χ0) is 16.4. The molecule has 0 amide bonds. The summed E-state index contributed by atoms with van der Waals surface area (Å²) in [6, 6.07) is 12.4. The average molecular weight is 379 g/mol. The third-order valence-corrected chi connectivity index (χ3v) is 3.95. The zero-order valence-corrected chi connectivity index (χ0v) is 13.9. The van der Waals surface area contributed by atoms with E-state index in [1.807, 2.05) is 19.1 Å². The van der Waals surface area contributed by atoms with Crippen molar-refractivity contribution in [3.05, 3.63) is 52.5 Å². The number of ether oxygens (including phenoxy) is 3. The molecule has 1 heterocycles. The van der Waals surface area contributed by atoms with E-state index < -0.39 is 18.2 Å². The molecule has 1 aliphatic heterocycles. The number of halogens is 1. The molecule has 2 atom stereocenters. The Morgan fingerprint density at radius 2 is 1.91 bits per heavy atom. The first-order valence-corrected chi connectivity index (χ1v) is 7.97. The van der Waals surface area contributed by atoms with E-state index in [4.69, 9.17) is 14.2 Å². The quantitative estimate of drug-likeness (QED) is 0.875. The molecule has 0 saturated carbocycles. The SMILES string of the molecule is CCOc1ccc(Br)cc1C1Oc2ccccc2OC1C(=O)O. The molecule has 3 rings (SSSR count). The Hall–Kier alpha value is -2.21. The number of hydrogen-bond donors (Lipinski definition) is 1. The first kappa shape index (κ1) is 15.7. The number of carboxylic acid groups (broad SMARTS) is 1. The number of fused-ring (bicyclic) bond motifs is 1. The maximum atomic E-state index is 11.6. The van der Waals surface area contributed by atoms with Crippen LogP contribution in [0.3, 0.4) is 0 Å². The first-order valence-electron chi connectivity index (χ1n) is 7.17. The Balaban J connectivity index is 2.06. The Bertz CT molecular complexity index is 731. The van der Waals surface area contributed by atoms with Crippen molar-refractivity contribution in [3.8, 4) is 17.2 Å². The Kier molecular flexibility index (Phi) is 4.43. The minimum Gasteiger partial charge on any atom is -0.493 e. The Morgan fingerprint density at radius 3 is 2.57 bits per heavy atom. The van der Waals surface area contributed by atoms with Crippen molar-refractivity contribution >= 4 is 21.9 Å². The van der Waals surface area contributed by atoms with Gasteiger partial charge < -0.3 is 19.3 Å². The van der Waals surface area contributed by atoms with Gasteiger partial charge in [0.25, 0.3) is 0 Å². The van der Waals surface area contributed by atoms with Crippen LogP contribution in [-0.4, -0.2) is 23.8 Å². The number of hydrogen-bond acceptors (Lipinski definition) is 4. The van der Waals surface area contributed by atoms with Crippen LogP contribution in [-0.2, 0) is 4.79 Å². The number of para-hydroxylation sites is 2. The van der Waals surface area contributed by atoms with E-state index in [1.165, 1.54) is 0 Å². The number of carboxylic acids is 1. The third-order valence-electron chi connectivity index (χ3n) is 3.45. The van der Waals surface area contributed by atoms with Gasteiger partial charge in [0.1, 0.15) is 5.75 Å². The van der Waals surface area contributed by atoms with Gasteiger partial charge in [0.05, 0.1) is 6.61 Å². The smallest absolute Gasteiger partial charge is 0.349 e. The lowest BCUT2D eigenvalue weighted by molar-refractivity contribution is -0.151. The van der Waals surface area contributed by atoms with Crippen molar-refractivity contribution < 1.29 is 24.1 Å². The molecule has 6 heteroatoms. The van der Waals surface area contributed by atoms with Gasteiger partial charge in [0.15, 0.2) is 17.6 Å². The van der Waals surface area contributed by atoms with Crippen LogP contribution < -0.4 is 14.2 Å².